The Bertz CT molecular complexity index is 1390. The van der Waals surface area contributed by atoms with E-state index in [1.54, 1.807) is 25.1 Å². The van der Waals surface area contributed by atoms with Crippen molar-refractivity contribution < 1.29 is 14.6 Å². The second-order valence-electron chi connectivity index (χ2n) is 7.99. The first-order valence-corrected chi connectivity index (χ1v) is 10.1. The van der Waals surface area contributed by atoms with Crippen LogP contribution in [0.3, 0.4) is 0 Å². The lowest BCUT2D eigenvalue weighted by molar-refractivity contribution is -0.160. The number of pyridine rings is 1. The minimum absolute atomic E-state index is 0.00853. The molecule has 5 rings (SSSR count). The molecule has 1 aliphatic rings. The molecule has 0 saturated heterocycles. The lowest BCUT2D eigenvalue weighted by Gasteiger charge is -2.35. The minimum Gasteiger partial charge on any atom is -0.387 e. The van der Waals surface area contributed by atoms with Crippen LogP contribution in [0, 0.1) is 0 Å². The monoisotopic (exact) mass is 417 g/mol. The number of hydrogen-bond acceptors (Lipinski definition) is 4. The zero-order valence-electron chi connectivity index (χ0n) is 17.6. The van der Waals surface area contributed by atoms with Crippen LogP contribution in [0.4, 0.5) is 0 Å². The first kappa shape index (κ1) is 19.5. The fraction of sp³-hybridized carbons (Fsp3) is 0.250. The number of aromatic nitrogens is 2. The van der Waals surface area contributed by atoms with Crippen molar-refractivity contribution in [2.45, 2.75) is 18.9 Å². The highest BCUT2D eigenvalue weighted by atomic mass is 16.5. The van der Waals surface area contributed by atoms with Crippen molar-refractivity contribution in [3.8, 4) is 0 Å². The molecule has 2 atom stereocenters. The molecule has 0 aliphatic carbocycles. The largest absolute Gasteiger partial charge is 0.387 e. The van der Waals surface area contributed by atoms with E-state index in [0.717, 1.165) is 16.3 Å². The van der Waals surface area contributed by atoms with Gasteiger partial charge in [0.1, 0.15) is 11.2 Å². The fourth-order valence-electron chi connectivity index (χ4n) is 4.67. The second kappa shape index (κ2) is 6.80. The minimum atomic E-state index is -1.36. The molecule has 2 aromatic heterocycles. The van der Waals surface area contributed by atoms with Gasteiger partial charge in [0.05, 0.1) is 12.6 Å². The summed E-state index contributed by atoms with van der Waals surface area (Å²) in [6.07, 6.45) is -0.917. The highest BCUT2D eigenvalue weighted by Gasteiger charge is 2.49. The number of β-amino-alcohol motifs (C(OH)–C–C–N with tert-alkyl or cyclic N) is 1. The van der Waals surface area contributed by atoms with E-state index in [4.69, 9.17) is 4.74 Å². The number of amides is 1. The number of nitrogens with zero attached hydrogens (tertiary/aromatic N) is 3. The molecule has 7 nitrogen and oxygen atoms in total. The lowest BCUT2D eigenvalue weighted by Crippen LogP contribution is -2.50. The quantitative estimate of drug-likeness (QED) is 0.554. The van der Waals surface area contributed by atoms with Crippen molar-refractivity contribution in [1.29, 1.82) is 0 Å². The van der Waals surface area contributed by atoms with Crippen LogP contribution < -0.4 is 5.56 Å². The van der Waals surface area contributed by atoms with Gasteiger partial charge >= 0.3 is 0 Å². The third-order valence-corrected chi connectivity index (χ3v) is 6.38. The highest BCUT2D eigenvalue weighted by molar-refractivity contribution is 6.10. The van der Waals surface area contributed by atoms with Crippen molar-refractivity contribution in [3.05, 3.63) is 82.3 Å². The zero-order chi connectivity index (χ0) is 21.9. The Morgan fingerprint density at radius 3 is 2.42 bits per heavy atom. The molecule has 3 heterocycles. The van der Waals surface area contributed by atoms with Crippen LogP contribution in [0.1, 0.15) is 29.1 Å². The number of methoxy groups -OCH3 is 1. The van der Waals surface area contributed by atoms with E-state index in [2.05, 4.69) is 0 Å². The summed E-state index contributed by atoms with van der Waals surface area (Å²) in [5.41, 5.74) is 2.06. The van der Waals surface area contributed by atoms with Gasteiger partial charge in [-0.05, 0) is 17.7 Å². The van der Waals surface area contributed by atoms with E-state index in [9.17, 15) is 14.7 Å². The van der Waals surface area contributed by atoms with Gasteiger partial charge in [-0.1, -0.05) is 48.5 Å². The van der Waals surface area contributed by atoms with Gasteiger partial charge in [-0.3, -0.25) is 19.1 Å². The van der Waals surface area contributed by atoms with Gasteiger partial charge in [0.25, 0.3) is 11.5 Å². The van der Waals surface area contributed by atoms with E-state index in [0.29, 0.717) is 11.1 Å². The van der Waals surface area contributed by atoms with Crippen LogP contribution in [0.5, 0.6) is 0 Å². The van der Waals surface area contributed by atoms with Gasteiger partial charge in [-0.2, -0.15) is 0 Å². The summed E-state index contributed by atoms with van der Waals surface area (Å²) in [6, 6.07) is 18.6. The summed E-state index contributed by atoms with van der Waals surface area (Å²) in [5.74, 6) is -1.71. The first-order valence-electron chi connectivity index (χ1n) is 10.1. The molecule has 158 valence electrons. The average molecular weight is 417 g/mol. The number of para-hydroxylation sites is 1. The predicted molar refractivity (Wildman–Crippen MR) is 118 cm³/mol. The number of rotatable bonds is 4. The number of carbonyl (C=O) groups excluding carboxylic acids is 1. The third kappa shape index (κ3) is 2.60. The molecule has 2 aromatic carbocycles. The summed E-state index contributed by atoms with van der Waals surface area (Å²) in [4.78, 5) is 28.5. The Morgan fingerprint density at radius 1 is 1.03 bits per heavy atom. The molecular formula is C24H23N3O4. The van der Waals surface area contributed by atoms with Crippen molar-refractivity contribution in [2.75, 3.05) is 13.7 Å². The molecule has 0 spiro atoms. The topological polar surface area (TPSA) is 76.7 Å². The standard InChI is InChI=1S/C24H23N3O4/c1-24(31-3)26(14-20(28)15-9-5-4-6-10-15)22(29)19-13-17-16-11-7-8-12-18(16)25(2)21(17)23(30)27(19)24/h4-13,20,28H,14H2,1-3H3/t20-,24-/m0/s1. The van der Waals surface area contributed by atoms with Gasteiger partial charge in [-0.25, -0.2) is 0 Å². The van der Waals surface area contributed by atoms with E-state index < -0.39 is 12.0 Å². The second-order valence-corrected chi connectivity index (χ2v) is 7.99. The Hall–Kier alpha value is -3.42. The molecule has 1 N–H and O–H groups in total. The number of benzene rings is 2. The lowest BCUT2D eigenvalue weighted by atomic mass is 10.1. The smallest absolute Gasteiger partial charge is 0.279 e. The van der Waals surface area contributed by atoms with Crippen LogP contribution in [-0.4, -0.2) is 38.7 Å². The molecule has 4 aromatic rings. The molecule has 0 unspecified atom stereocenters. The number of aliphatic hydroxyl groups is 1. The maximum atomic E-state index is 13.7. The molecule has 0 fully saturated rings. The Kier molecular flexibility index (Phi) is 4.28. The molecule has 0 bridgehead atoms. The summed E-state index contributed by atoms with van der Waals surface area (Å²) >= 11 is 0. The molecule has 7 heteroatoms. The third-order valence-electron chi connectivity index (χ3n) is 6.38. The molecule has 1 aliphatic heterocycles. The van der Waals surface area contributed by atoms with E-state index >= 15 is 0 Å². The van der Waals surface area contributed by atoms with E-state index in [-0.39, 0.29) is 23.7 Å². The number of aryl methyl sites for hydroxylation is 1. The normalized spacial score (nSPS) is 19.4. The number of aliphatic hydroxyl groups excluding tert-OH is 1. The van der Waals surface area contributed by atoms with Crippen LogP contribution in [-0.2, 0) is 17.6 Å². The Balaban J connectivity index is 1.70. The van der Waals surface area contributed by atoms with Crippen molar-refractivity contribution in [2.24, 2.45) is 7.05 Å². The van der Waals surface area contributed by atoms with Gasteiger partial charge in [0.15, 0.2) is 0 Å². The van der Waals surface area contributed by atoms with Gasteiger partial charge in [-0.15, -0.1) is 0 Å². The van der Waals surface area contributed by atoms with Crippen LogP contribution in [0.15, 0.2) is 65.5 Å². The molecule has 0 saturated carbocycles. The van der Waals surface area contributed by atoms with Crippen LogP contribution in [0.2, 0.25) is 0 Å². The van der Waals surface area contributed by atoms with Gasteiger partial charge < -0.3 is 14.4 Å². The summed E-state index contributed by atoms with van der Waals surface area (Å²) in [7, 11) is 3.30. The number of carbonyl (C=O) groups is 1. The molecule has 0 radical (unpaired) electrons. The number of hydrogen-bond donors (Lipinski definition) is 1. The predicted octanol–water partition coefficient (Wildman–Crippen LogP) is 2.96. The Morgan fingerprint density at radius 2 is 1.71 bits per heavy atom. The van der Waals surface area contributed by atoms with Crippen molar-refractivity contribution in [1.82, 2.24) is 14.0 Å². The first-order chi connectivity index (χ1) is 14.9. The number of ether oxygens (including phenoxy) is 1. The zero-order valence-corrected chi connectivity index (χ0v) is 17.6. The van der Waals surface area contributed by atoms with Crippen LogP contribution >= 0.6 is 0 Å². The summed E-state index contributed by atoms with van der Waals surface area (Å²) in [6.45, 7) is 1.67. The van der Waals surface area contributed by atoms with Crippen LogP contribution in [0.25, 0.3) is 21.8 Å². The number of fused-ring (bicyclic) bond motifs is 4. The maximum Gasteiger partial charge on any atom is 0.279 e. The SMILES string of the molecule is CO[C@@]1(C)N(C[C@H](O)c2ccccc2)C(=O)c2cc3c4ccccc4n(C)c3c(=O)n21. The van der Waals surface area contributed by atoms with E-state index in [1.807, 2.05) is 54.1 Å². The van der Waals surface area contributed by atoms with Crippen molar-refractivity contribution >= 4 is 27.7 Å². The average Bonchev–Trinajstić information content (AvgIpc) is 3.20. The molecular weight excluding hydrogens is 394 g/mol. The summed E-state index contributed by atoms with van der Waals surface area (Å²) < 4.78 is 8.98. The van der Waals surface area contributed by atoms with Gasteiger partial charge in [0, 0.05) is 37.4 Å². The van der Waals surface area contributed by atoms with E-state index in [1.165, 1.54) is 16.6 Å². The Labute approximate surface area is 178 Å². The van der Waals surface area contributed by atoms with Crippen molar-refractivity contribution in [3.63, 3.8) is 0 Å². The fourth-order valence-corrected chi connectivity index (χ4v) is 4.67. The molecule has 31 heavy (non-hydrogen) atoms. The summed E-state index contributed by atoms with van der Waals surface area (Å²) in [5, 5.41) is 12.4. The molecule has 1 amide bonds. The maximum absolute atomic E-state index is 13.7. The van der Waals surface area contributed by atoms with Gasteiger partial charge in [0.2, 0.25) is 5.85 Å². The highest BCUT2D eigenvalue weighted by Crippen LogP contribution is 2.36.